The number of ether oxygens (including phenoxy) is 2. The second-order valence-corrected chi connectivity index (χ2v) is 6.10. The second-order valence-electron chi connectivity index (χ2n) is 6.10. The number of carboxylic acids is 1. The molecule has 2 N–H and O–H groups in total. The molecule has 0 aliphatic heterocycles. The number of amides is 1. The Balaban J connectivity index is 1.91. The number of hydrogen-bond acceptors (Lipinski definition) is 6. The number of carbonyl (C=O) groups is 2. The molecule has 0 bridgehead atoms. The van der Waals surface area contributed by atoms with Gasteiger partial charge in [0.05, 0.1) is 31.5 Å². The number of aryl methyl sites for hydroxylation is 1. The van der Waals surface area contributed by atoms with E-state index in [-0.39, 0.29) is 22.6 Å². The van der Waals surface area contributed by atoms with Crippen LogP contribution < -0.4 is 14.9 Å². The Hall–Kier alpha value is -3.94. The van der Waals surface area contributed by atoms with Crippen LogP contribution in [0.4, 0.5) is 0 Å². The van der Waals surface area contributed by atoms with E-state index in [1.165, 1.54) is 26.5 Å². The van der Waals surface area contributed by atoms with Crippen molar-refractivity contribution >= 4 is 29.0 Å². The zero-order chi connectivity index (χ0) is 21.0. The number of nitrogens with one attached hydrogen (secondary N) is 1. The van der Waals surface area contributed by atoms with Gasteiger partial charge in [-0.1, -0.05) is 18.2 Å². The van der Waals surface area contributed by atoms with E-state index in [4.69, 9.17) is 9.47 Å². The minimum atomic E-state index is -1.20. The van der Waals surface area contributed by atoms with Gasteiger partial charge in [0.25, 0.3) is 5.91 Å². The summed E-state index contributed by atoms with van der Waals surface area (Å²) in [5.74, 6) is -1.28. The van der Waals surface area contributed by atoms with Crippen LogP contribution in [0, 0.1) is 6.92 Å². The normalized spacial score (nSPS) is 10.9. The summed E-state index contributed by atoms with van der Waals surface area (Å²) >= 11 is 0. The van der Waals surface area contributed by atoms with Crippen LogP contribution in [0.25, 0.3) is 10.9 Å². The number of methoxy groups -OCH3 is 2. The first kappa shape index (κ1) is 19.8. The number of fused-ring (bicyclic) bond motifs is 1. The van der Waals surface area contributed by atoms with Crippen LogP contribution >= 0.6 is 0 Å². The lowest BCUT2D eigenvalue weighted by molar-refractivity contribution is 0.0692. The zero-order valence-corrected chi connectivity index (χ0v) is 16.1. The molecule has 0 aliphatic rings. The summed E-state index contributed by atoms with van der Waals surface area (Å²) in [6.45, 7) is 1.80. The molecule has 3 aromatic rings. The number of carbonyl (C=O) groups excluding carboxylic acids is 1. The lowest BCUT2D eigenvalue weighted by Gasteiger charge is -2.12. The van der Waals surface area contributed by atoms with Crippen molar-refractivity contribution in [3.05, 3.63) is 64.8 Å². The first-order valence-electron chi connectivity index (χ1n) is 8.64. The Kier molecular flexibility index (Phi) is 5.73. The van der Waals surface area contributed by atoms with Gasteiger partial charge in [0.2, 0.25) is 0 Å². The molecule has 148 valence electrons. The Morgan fingerprint density at radius 2 is 1.90 bits per heavy atom. The fourth-order valence-electron chi connectivity index (χ4n) is 2.99. The molecular weight excluding hydrogens is 374 g/mol. The summed E-state index contributed by atoms with van der Waals surface area (Å²) in [5, 5.41) is 14.2. The predicted molar refractivity (Wildman–Crippen MR) is 108 cm³/mol. The number of hydrogen-bond donors (Lipinski definition) is 2. The van der Waals surface area contributed by atoms with Crippen molar-refractivity contribution in [3.63, 3.8) is 0 Å². The van der Waals surface area contributed by atoms with Gasteiger partial charge >= 0.3 is 5.97 Å². The van der Waals surface area contributed by atoms with Crippen molar-refractivity contribution in [2.45, 2.75) is 6.92 Å². The van der Waals surface area contributed by atoms with Crippen molar-refractivity contribution in [1.82, 2.24) is 10.4 Å². The number of aromatic carboxylic acids is 1. The summed E-state index contributed by atoms with van der Waals surface area (Å²) in [4.78, 5) is 28.7. The smallest absolute Gasteiger partial charge is 0.340 e. The maximum absolute atomic E-state index is 12.6. The number of nitrogens with zero attached hydrogens (tertiary/aromatic N) is 2. The van der Waals surface area contributed by atoms with Gasteiger partial charge in [-0.05, 0) is 31.2 Å². The maximum Gasteiger partial charge on any atom is 0.340 e. The van der Waals surface area contributed by atoms with E-state index in [1.54, 1.807) is 25.1 Å². The molecule has 0 spiro atoms. The molecule has 29 heavy (non-hydrogen) atoms. The molecule has 0 fully saturated rings. The lowest BCUT2D eigenvalue weighted by atomic mass is 10.1. The predicted octanol–water partition coefficient (Wildman–Crippen LogP) is 3.02. The number of para-hydroxylation sites is 1. The monoisotopic (exact) mass is 393 g/mol. The highest BCUT2D eigenvalue weighted by Crippen LogP contribution is 2.32. The van der Waals surface area contributed by atoms with Gasteiger partial charge in [-0.3, -0.25) is 9.78 Å². The van der Waals surface area contributed by atoms with Crippen LogP contribution in [0.5, 0.6) is 11.5 Å². The number of hydrazone groups is 1. The zero-order valence-electron chi connectivity index (χ0n) is 16.1. The third-order valence-corrected chi connectivity index (χ3v) is 4.25. The number of benzene rings is 2. The van der Waals surface area contributed by atoms with E-state index >= 15 is 0 Å². The van der Waals surface area contributed by atoms with Gasteiger partial charge in [-0.15, -0.1) is 0 Å². The van der Waals surface area contributed by atoms with Crippen LogP contribution in [-0.2, 0) is 0 Å². The molecule has 0 radical (unpaired) electrons. The summed E-state index contributed by atoms with van der Waals surface area (Å²) in [5.41, 5.74) is 4.41. The Labute approximate surface area is 166 Å². The minimum absolute atomic E-state index is 0.0750. The SMILES string of the molecule is COc1ccc(C=NNC(=O)c2cc(C)nc3ccccc23)c(C(=O)O)c1OC. The van der Waals surface area contributed by atoms with Crippen LogP contribution in [-0.4, -0.2) is 42.4 Å². The van der Waals surface area contributed by atoms with Crippen molar-refractivity contribution in [2.75, 3.05) is 14.2 Å². The van der Waals surface area contributed by atoms with Gasteiger partial charge in [0.15, 0.2) is 11.5 Å². The van der Waals surface area contributed by atoms with Crippen molar-refractivity contribution in [1.29, 1.82) is 0 Å². The van der Waals surface area contributed by atoms with E-state index < -0.39 is 11.9 Å². The molecule has 1 aromatic heterocycles. The molecule has 2 aromatic carbocycles. The Morgan fingerprint density at radius 3 is 2.59 bits per heavy atom. The molecule has 1 heterocycles. The van der Waals surface area contributed by atoms with Gasteiger partial charge in [0.1, 0.15) is 5.56 Å². The topological polar surface area (TPSA) is 110 Å². The van der Waals surface area contributed by atoms with E-state index in [0.29, 0.717) is 22.2 Å². The minimum Gasteiger partial charge on any atom is -0.493 e. The second kappa shape index (κ2) is 8.39. The van der Waals surface area contributed by atoms with Crippen molar-refractivity contribution in [2.24, 2.45) is 5.10 Å². The molecule has 0 saturated heterocycles. The van der Waals surface area contributed by atoms with E-state index in [0.717, 1.165) is 0 Å². The van der Waals surface area contributed by atoms with E-state index in [1.807, 2.05) is 18.2 Å². The summed E-state index contributed by atoms with van der Waals surface area (Å²) in [6, 6.07) is 12.1. The number of pyridine rings is 1. The number of rotatable bonds is 6. The largest absolute Gasteiger partial charge is 0.493 e. The van der Waals surface area contributed by atoms with Crippen LogP contribution in [0.2, 0.25) is 0 Å². The highest BCUT2D eigenvalue weighted by molar-refractivity contribution is 6.07. The average Bonchev–Trinajstić information content (AvgIpc) is 2.72. The number of carboxylic acid groups (broad SMARTS) is 1. The fourth-order valence-corrected chi connectivity index (χ4v) is 2.99. The molecule has 0 atom stereocenters. The third kappa shape index (κ3) is 4.01. The highest BCUT2D eigenvalue weighted by Gasteiger charge is 2.20. The van der Waals surface area contributed by atoms with Crippen LogP contribution in [0.15, 0.2) is 47.6 Å². The van der Waals surface area contributed by atoms with E-state index in [2.05, 4.69) is 15.5 Å². The average molecular weight is 393 g/mol. The van der Waals surface area contributed by atoms with E-state index in [9.17, 15) is 14.7 Å². The van der Waals surface area contributed by atoms with Crippen LogP contribution in [0.3, 0.4) is 0 Å². The summed E-state index contributed by atoms with van der Waals surface area (Å²) in [7, 11) is 2.77. The first-order valence-corrected chi connectivity index (χ1v) is 8.64. The van der Waals surface area contributed by atoms with Gasteiger partial charge in [-0.2, -0.15) is 5.10 Å². The fraction of sp³-hybridized carbons (Fsp3) is 0.143. The lowest BCUT2D eigenvalue weighted by Crippen LogP contribution is -2.19. The summed E-state index contributed by atoms with van der Waals surface area (Å²) in [6.07, 6.45) is 1.25. The highest BCUT2D eigenvalue weighted by atomic mass is 16.5. The molecule has 3 rings (SSSR count). The van der Waals surface area contributed by atoms with Gasteiger partial charge in [0, 0.05) is 16.6 Å². The molecule has 0 aliphatic carbocycles. The molecule has 8 nitrogen and oxygen atoms in total. The Morgan fingerprint density at radius 1 is 1.14 bits per heavy atom. The quantitative estimate of drug-likeness (QED) is 0.492. The maximum atomic E-state index is 12.6. The van der Waals surface area contributed by atoms with Crippen LogP contribution in [0.1, 0.15) is 32.0 Å². The molecule has 0 unspecified atom stereocenters. The molecule has 1 amide bonds. The summed E-state index contributed by atoms with van der Waals surface area (Å²) < 4.78 is 10.3. The van der Waals surface area contributed by atoms with Gasteiger partial charge < -0.3 is 14.6 Å². The first-order chi connectivity index (χ1) is 14.0. The van der Waals surface area contributed by atoms with Crippen molar-refractivity contribution in [3.8, 4) is 11.5 Å². The number of aromatic nitrogens is 1. The van der Waals surface area contributed by atoms with Crippen molar-refractivity contribution < 1.29 is 24.2 Å². The molecule has 8 heteroatoms. The third-order valence-electron chi connectivity index (χ3n) is 4.25. The molecule has 0 saturated carbocycles. The van der Waals surface area contributed by atoms with Gasteiger partial charge in [-0.25, -0.2) is 10.2 Å². The molecular formula is C21H19N3O5. The standard InChI is InChI=1S/C21H19N3O5/c1-12-10-15(14-6-4-5-7-16(14)23-12)20(25)24-22-11-13-8-9-17(28-2)19(29-3)18(13)21(26)27/h4-11H,1-3H3,(H,24,25)(H,26,27). The Bertz CT molecular complexity index is 1120.